The highest BCUT2D eigenvalue weighted by atomic mass is 35.5. The van der Waals surface area contributed by atoms with E-state index in [1.54, 1.807) is 24.3 Å². The molecule has 0 radical (unpaired) electrons. The molecular formula is C18H12ClN7O4. The second-order valence-corrected chi connectivity index (χ2v) is 6.44. The molecule has 0 aliphatic carbocycles. The lowest BCUT2D eigenvalue weighted by Gasteiger charge is -2.06. The number of nitrogens with zero attached hydrogens (tertiary/aromatic N) is 6. The Morgan fingerprint density at radius 3 is 2.73 bits per heavy atom. The molecule has 12 heteroatoms. The molecular weight excluding hydrogens is 414 g/mol. The number of rotatable bonds is 6. The SMILES string of the molecule is O=C(NCc1nc(-c2ccc(Cl)cc2)no1)c1ccc(-n2cncn2)c([N+](=O)[O-])c1. The van der Waals surface area contributed by atoms with Crippen molar-refractivity contribution in [1.82, 2.24) is 30.2 Å². The summed E-state index contributed by atoms with van der Waals surface area (Å²) in [5.41, 5.74) is 0.720. The van der Waals surface area contributed by atoms with Crippen LogP contribution in [0.15, 0.2) is 59.6 Å². The standard InChI is InChI=1S/C18H12ClN7O4/c19-13-4-1-11(2-5-13)17-23-16(30-24-17)8-21-18(27)12-3-6-14(15(7-12)26(28)29)25-10-20-9-22-25/h1-7,9-10H,8H2,(H,21,27). The number of hydrogen-bond acceptors (Lipinski definition) is 8. The van der Waals surface area contributed by atoms with Gasteiger partial charge in [0.05, 0.1) is 11.5 Å². The normalized spacial score (nSPS) is 10.7. The van der Waals surface area contributed by atoms with E-state index in [0.717, 1.165) is 0 Å². The highest BCUT2D eigenvalue weighted by Crippen LogP contribution is 2.23. The van der Waals surface area contributed by atoms with Crippen LogP contribution in [0.25, 0.3) is 17.1 Å². The van der Waals surface area contributed by atoms with Crippen LogP contribution in [0.1, 0.15) is 16.2 Å². The van der Waals surface area contributed by atoms with E-state index >= 15 is 0 Å². The minimum Gasteiger partial charge on any atom is -0.343 e. The molecule has 0 saturated heterocycles. The molecule has 2 aromatic carbocycles. The molecule has 11 nitrogen and oxygen atoms in total. The number of aromatic nitrogens is 5. The average Bonchev–Trinajstić information content (AvgIpc) is 3.44. The summed E-state index contributed by atoms with van der Waals surface area (Å²) in [6.07, 6.45) is 2.59. The fourth-order valence-electron chi connectivity index (χ4n) is 2.64. The van der Waals surface area contributed by atoms with Gasteiger partial charge in [-0.05, 0) is 36.4 Å². The lowest BCUT2D eigenvalue weighted by atomic mass is 10.1. The number of amides is 1. The predicted octanol–water partition coefficient (Wildman–Crippen LogP) is 2.81. The lowest BCUT2D eigenvalue weighted by molar-refractivity contribution is -0.384. The van der Waals surface area contributed by atoms with E-state index in [2.05, 4.69) is 25.5 Å². The molecule has 0 aliphatic heterocycles. The van der Waals surface area contributed by atoms with Crippen LogP contribution in [-0.2, 0) is 6.54 Å². The van der Waals surface area contributed by atoms with Crippen molar-refractivity contribution in [1.29, 1.82) is 0 Å². The van der Waals surface area contributed by atoms with Gasteiger partial charge >= 0.3 is 0 Å². The zero-order chi connectivity index (χ0) is 21.1. The molecule has 0 saturated carbocycles. The van der Waals surface area contributed by atoms with Crippen molar-refractivity contribution < 1.29 is 14.2 Å². The van der Waals surface area contributed by atoms with E-state index in [1.807, 2.05) is 0 Å². The van der Waals surface area contributed by atoms with Gasteiger partial charge < -0.3 is 9.84 Å². The topological polar surface area (TPSA) is 142 Å². The van der Waals surface area contributed by atoms with Gasteiger partial charge in [0.15, 0.2) is 0 Å². The van der Waals surface area contributed by atoms with E-state index in [1.165, 1.54) is 35.5 Å². The molecule has 0 aliphatic rings. The zero-order valence-corrected chi connectivity index (χ0v) is 15.9. The summed E-state index contributed by atoms with van der Waals surface area (Å²) in [7, 11) is 0. The Hall–Kier alpha value is -4.12. The van der Waals surface area contributed by atoms with Crippen molar-refractivity contribution in [3.05, 3.63) is 81.7 Å². The van der Waals surface area contributed by atoms with E-state index in [4.69, 9.17) is 16.1 Å². The third-order valence-electron chi connectivity index (χ3n) is 4.07. The van der Waals surface area contributed by atoms with Crippen molar-refractivity contribution in [2.75, 3.05) is 0 Å². The van der Waals surface area contributed by atoms with Gasteiger partial charge in [0, 0.05) is 22.2 Å². The quantitative estimate of drug-likeness (QED) is 0.367. The van der Waals surface area contributed by atoms with E-state index in [-0.39, 0.29) is 29.4 Å². The minimum atomic E-state index is -0.593. The van der Waals surface area contributed by atoms with Crippen LogP contribution in [0.2, 0.25) is 5.02 Å². The summed E-state index contributed by atoms with van der Waals surface area (Å²) in [5, 5.41) is 22.3. The van der Waals surface area contributed by atoms with Gasteiger partial charge in [-0.1, -0.05) is 16.8 Å². The molecule has 2 heterocycles. The Balaban J connectivity index is 1.47. The maximum atomic E-state index is 12.4. The zero-order valence-electron chi connectivity index (χ0n) is 15.1. The highest BCUT2D eigenvalue weighted by molar-refractivity contribution is 6.30. The van der Waals surface area contributed by atoms with Crippen LogP contribution in [0.4, 0.5) is 5.69 Å². The van der Waals surface area contributed by atoms with Gasteiger partial charge in [0.25, 0.3) is 11.6 Å². The average molecular weight is 426 g/mol. The van der Waals surface area contributed by atoms with Crippen molar-refractivity contribution in [2.24, 2.45) is 0 Å². The second-order valence-electron chi connectivity index (χ2n) is 6.00. The summed E-state index contributed by atoms with van der Waals surface area (Å²) < 4.78 is 6.38. The molecule has 30 heavy (non-hydrogen) atoms. The molecule has 0 bridgehead atoms. The number of halogens is 1. The Kier molecular flexibility index (Phi) is 5.18. The molecule has 4 rings (SSSR count). The first-order valence-electron chi connectivity index (χ1n) is 8.51. The van der Waals surface area contributed by atoms with Crippen molar-refractivity contribution >= 4 is 23.2 Å². The molecule has 150 valence electrons. The molecule has 2 aromatic heterocycles. The number of hydrogen-bond donors (Lipinski definition) is 1. The molecule has 4 aromatic rings. The number of nitrogens with one attached hydrogen (secondary N) is 1. The Bertz CT molecular complexity index is 1210. The molecule has 0 fully saturated rings. The maximum absolute atomic E-state index is 12.4. The van der Waals surface area contributed by atoms with Crippen molar-refractivity contribution in [2.45, 2.75) is 6.54 Å². The number of nitro benzene ring substituents is 1. The van der Waals surface area contributed by atoms with Gasteiger partial charge in [-0.25, -0.2) is 9.67 Å². The van der Waals surface area contributed by atoms with Crippen molar-refractivity contribution in [3.63, 3.8) is 0 Å². The van der Waals surface area contributed by atoms with Crippen LogP contribution < -0.4 is 5.32 Å². The molecule has 0 unspecified atom stereocenters. The summed E-state index contributed by atoms with van der Waals surface area (Å²) in [5.74, 6) is 0.000238. The smallest absolute Gasteiger partial charge is 0.295 e. The van der Waals surface area contributed by atoms with Crippen LogP contribution >= 0.6 is 11.6 Å². The van der Waals surface area contributed by atoms with Crippen LogP contribution in [0.3, 0.4) is 0 Å². The van der Waals surface area contributed by atoms with Crippen LogP contribution in [0.5, 0.6) is 0 Å². The van der Waals surface area contributed by atoms with Crippen molar-refractivity contribution in [3.8, 4) is 17.1 Å². The predicted molar refractivity (Wildman–Crippen MR) is 104 cm³/mol. The number of nitro groups is 1. The van der Waals surface area contributed by atoms with Crippen LogP contribution in [-0.4, -0.2) is 35.7 Å². The maximum Gasteiger partial charge on any atom is 0.295 e. The van der Waals surface area contributed by atoms with Crippen LogP contribution in [0, 0.1) is 10.1 Å². The van der Waals surface area contributed by atoms with E-state index in [0.29, 0.717) is 16.4 Å². The van der Waals surface area contributed by atoms with Gasteiger partial charge in [0.2, 0.25) is 11.7 Å². The monoisotopic (exact) mass is 425 g/mol. The summed E-state index contributed by atoms with van der Waals surface area (Å²) in [6.45, 7) is -0.0436. The summed E-state index contributed by atoms with van der Waals surface area (Å²) >= 11 is 5.85. The first kappa shape index (κ1) is 19.2. The highest BCUT2D eigenvalue weighted by Gasteiger charge is 2.20. The fourth-order valence-corrected chi connectivity index (χ4v) is 2.76. The molecule has 1 N–H and O–H groups in total. The van der Waals surface area contributed by atoms with Gasteiger partial charge in [0.1, 0.15) is 18.3 Å². The van der Waals surface area contributed by atoms with Gasteiger partial charge in [-0.2, -0.15) is 10.1 Å². The summed E-state index contributed by atoms with van der Waals surface area (Å²) in [6, 6.07) is 10.9. The Morgan fingerprint density at radius 1 is 1.23 bits per heavy atom. The minimum absolute atomic E-state index is 0.0436. The first-order chi connectivity index (χ1) is 14.5. The molecule has 1 amide bonds. The van der Waals surface area contributed by atoms with E-state index < -0.39 is 10.8 Å². The number of carbonyl (C=O) groups excluding carboxylic acids is 1. The largest absolute Gasteiger partial charge is 0.343 e. The fraction of sp³-hybridized carbons (Fsp3) is 0.0556. The van der Waals surface area contributed by atoms with Gasteiger partial charge in [-0.3, -0.25) is 14.9 Å². The van der Waals surface area contributed by atoms with E-state index in [9.17, 15) is 14.9 Å². The first-order valence-corrected chi connectivity index (χ1v) is 8.89. The number of carbonyl (C=O) groups is 1. The summed E-state index contributed by atoms with van der Waals surface area (Å²) in [4.78, 5) is 31.2. The number of benzene rings is 2. The molecule has 0 atom stereocenters. The third-order valence-corrected chi connectivity index (χ3v) is 4.32. The Labute approximate surface area is 173 Å². The molecule has 0 spiro atoms. The second kappa shape index (κ2) is 8.09. The Morgan fingerprint density at radius 2 is 2.03 bits per heavy atom. The van der Waals surface area contributed by atoms with Gasteiger partial charge in [-0.15, -0.1) is 0 Å². The third kappa shape index (κ3) is 4.00. The lowest BCUT2D eigenvalue weighted by Crippen LogP contribution is -2.23.